The molecule has 0 unspecified atom stereocenters. The first-order valence-corrected chi connectivity index (χ1v) is 12.9. The molecule has 5 fully saturated rings. The molecule has 4 aliphatic carbocycles. The van der Waals surface area contributed by atoms with Crippen molar-refractivity contribution in [1.82, 2.24) is 9.88 Å². The number of piperazine rings is 1. The number of pyridine rings is 1. The van der Waals surface area contributed by atoms with Crippen LogP contribution in [0.3, 0.4) is 0 Å². The maximum absolute atomic E-state index is 10.6. The molecule has 7 rings (SSSR count). The standard InChI is InChI=1S/C28H37N3O2/c32-25(19-30-9-11-31(12-10-30)27-3-1-2-8-29-27)20-33-26-6-4-24(5-7-26)28-16-21-13-22(17-28)15-23(14-21)18-28/h1-8,21-23,25,32H,9-20H2/t21?,22?,23?,25-,28?/m0/s1. The third-order valence-electron chi connectivity index (χ3n) is 8.76. The van der Waals surface area contributed by atoms with Crippen LogP contribution in [0.4, 0.5) is 5.82 Å². The van der Waals surface area contributed by atoms with Crippen LogP contribution in [0.1, 0.15) is 44.1 Å². The molecule has 0 radical (unpaired) electrons. The van der Waals surface area contributed by atoms with Gasteiger partial charge in [0.25, 0.3) is 0 Å². The van der Waals surface area contributed by atoms with Gasteiger partial charge in [-0.25, -0.2) is 4.98 Å². The Balaban J connectivity index is 0.980. The Hall–Kier alpha value is -2.11. The molecular formula is C28H37N3O2. The van der Waals surface area contributed by atoms with Crippen LogP contribution < -0.4 is 9.64 Å². The highest BCUT2D eigenvalue weighted by atomic mass is 16.5. The number of benzene rings is 1. The zero-order valence-corrected chi connectivity index (χ0v) is 19.6. The monoisotopic (exact) mass is 447 g/mol. The molecule has 2 heterocycles. The Labute approximate surface area is 197 Å². The van der Waals surface area contributed by atoms with Gasteiger partial charge in [-0.1, -0.05) is 18.2 Å². The summed E-state index contributed by atoms with van der Waals surface area (Å²) in [6.07, 6.45) is 10.00. The van der Waals surface area contributed by atoms with Crippen molar-refractivity contribution in [3.05, 3.63) is 54.2 Å². The van der Waals surface area contributed by atoms with Crippen LogP contribution in [0, 0.1) is 17.8 Å². The SMILES string of the molecule is O[C@H](COc1ccc(C23CC4CC(CC(C4)C2)C3)cc1)CN1CCN(c2ccccn2)CC1. The minimum Gasteiger partial charge on any atom is -0.491 e. The number of hydrogen-bond donors (Lipinski definition) is 1. The highest BCUT2D eigenvalue weighted by Gasteiger charge is 2.51. The molecule has 1 N–H and O–H groups in total. The second-order valence-electron chi connectivity index (χ2n) is 11.2. The maximum Gasteiger partial charge on any atom is 0.128 e. The van der Waals surface area contributed by atoms with E-state index in [2.05, 4.69) is 45.1 Å². The Bertz CT molecular complexity index is 889. The van der Waals surface area contributed by atoms with Gasteiger partial charge in [-0.3, -0.25) is 4.90 Å². The summed E-state index contributed by atoms with van der Waals surface area (Å²) in [6, 6.07) is 14.9. The third kappa shape index (κ3) is 4.50. The molecule has 5 heteroatoms. The van der Waals surface area contributed by atoms with Crippen molar-refractivity contribution >= 4 is 5.82 Å². The van der Waals surface area contributed by atoms with Gasteiger partial charge in [0, 0.05) is 38.9 Å². The molecule has 1 saturated heterocycles. The van der Waals surface area contributed by atoms with Gasteiger partial charge in [-0.15, -0.1) is 0 Å². The number of β-amino-alcohol motifs (C(OH)–C–C–N with tert-alkyl or cyclic N) is 1. The number of aliphatic hydroxyl groups is 1. The second-order valence-corrected chi connectivity index (χ2v) is 11.2. The lowest BCUT2D eigenvalue weighted by atomic mass is 9.48. The van der Waals surface area contributed by atoms with E-state index in [1.807, 2.05) is 18.3 Å². The molecule has 2 aromatic rings. The van der Waals surface area contributed by atoms with E-state index >= 15 is 0 Å². The average molecular weight is 448 g/mol. The van der Waals surface area contributed by atoms with Gasteiger partial charge < -0.3 is 14.7 Å². The molecule has 0 amide bonds. The van der Waals surface area contributed by atoms with E-state index in [-0.39, 0.29) is 0 Å². The Morgan fingerprint density at radius 1 is 0.909 bits per heavy atom. The predicted molar refractivity (Wildman–Crippen MR) is 131 cm³/mol. The van der Waals surface area contributed by atoms with Gasteiger partial charge in [-0.05, 0) is 91.5 Å². The van der Waals surface area contributed by atoms with Crippen molar-refractivity contribution in [3.63, 3.8) is 0 Å². The number of aromatic nitrogens is 1. The minimum absolute atomic E-state index is 0.344. The number of nitrogens with zero attached hydrogens (tertiary/aromatic N) is 3. The molecule has 5 nitrogen and oxygen atoms in total. The summed E-state index contributed by atoms with van der Waals surface area (Å²) in [5, 5.41) is 10.6. The lowest BCUT2D eigenvalue weighted by Gasteiger charge is -2.57. The van der Waals surface area contributed by atoms with E-state index in [4.69, 9.17) is 4.74 Å². The zero-order chi connectivity index (χ0) is 22.3. The first-order chi connectivity index (χ1) is 16.1. The molecule has 4 saturated carbocycles. The van der Waals surface area contributed by atoms with Crippen molar-refractivity contribution in [2.24, 2.45) is 17.8 Å². The van der Waals surface area contributed by atoms with Crippen molar-refractivity contribution < 1.29 is 9.84 Å². The lowest BCUT2D eigenvalue weighted by molar-refractivity contribution is -0.00522. The molecule has 1 atom stereocenters. The largest absolute Gasteiger partial charge is 0.491 e. The summed E-state index contributed by atoms with van der Waals surface area (Å²) in [5.74, 6) is 4.81. The van der Waals surface area contributed by atoms with Crippen LogP contribution in [-0.4, -0.2) is 60.4 Å². The van der Waals surface area contributed by atoms with Crippen LogP contribution in [0.25, 0.3) is 0 Å². The molecule has 1 aromatic carbocycles. The molecule has 4 bridgehead atoms. The summed E-state index contributed by atoms with van der Waals surface area (Å²) in [6.45, 7) is 4.76. The summed E-state index contributed by atoms with van der Waals surface area (Å²) in [4.78, 5) is 9.08. The topological polar surface area (TPSA) is 48.8 Å². The van der Waals surface area contributed by atoms with E-state index in [0.717, 1.165) is 55.5 Å². The first kappa shape index (κ1) is 21.4. The lowest BCUT2D eigenvalue weighted by Crippen LogP contribution is -2.49. The van der Waals surface area contributed by atoms with Crippen LogP contribution in [0.5, 0.6) is 5.75 Å². The van der Waals surface area contributed by atoms with Gasteiger partial charge in [0.05, 0.1) is 0 Å². The normalized spacial score (nSPS) is 32.2. The second kappa shape index (κ2) is 8.92. The number of hydrogen-bond acceptors (Lipinski definition) is 5. The maximum atomic E-state index is 10.6. The van der Waals surface area contributed by atoms with Crippen molar-refractivity contribution in [2.45, 2.75) is 50.0 Å². The van der Waals surface area contributed by atoms with Gasteiger partial charge >= 0.3 is 0 Å². The van der Waals surface area contributed by atoms with Gasteiger partial charge in [0.15, 0.2) is 0 Å². The van der Waals surface area contributed by atoms with E-state index < -0.39 is 6.10 Å². The van der Waals surface area contributed by atoms with E-state index in [9.17, 15) is 5.11 Å². The summed E-state index contributed by atoms with van der Waals surface area (Å²) in [5.41, 5.74) is 1.96. The van der Waals surface area contributed by atoms with Crippen molar-refractivity contribution in [3.8, 4) is 5.75 Å². The van der Waals surface area contributed by atoms with Gasteiger partial charge in [0.1, 0.15) is 24.3 Å². The molecule has 1 aromatic heterocycles. The molecule has 0 spiro atoms. The Morgan fingerprint density at radius 2 is 1.58 bits per heavy atom. The third-order valence-corrected chi connectivity index (χ3v) is 8.76. The minimum atomic E-state index is -0.478. The Morgan fingerprint density at radius 3 is 2.18 bits per heavy atom. The number of ether oxygens (including phenoxy) is 1. The van der Waals surface area contributed by atoms with Crippen molar-refractivity contribution in [2.75, 3.05) is 44.2 Å². The number of rotatable bonds is 7. The number of aliphatic hydroxyl groups excluding tert-OH is 1. The highest BCUT2D eigenvalue weighted by molar-refractivity contribution is 5.38. The van der Waals surface area contributed by atoms with Crippen LogP contribution in [-0.2, 0) is 5.41 Å². The zero-order valence-electron chi connectivity index (χ0n) is 19.6. The molecular weight excluding hydrogens is 410 g/mol. The highest BCUT2D eigenvalue weighted by Crippen LogP contribution is 2.60. The van der Waals surface area contributed by atoms with E-state index in [1.54, 1.807) is 0 Å². The molecule has 33 heavy (non-hydrogen) atoms. The smallest absolute Gasteiger partial charge is 0.128 e. The molecule has 176 valence electrons. The van der Waals surface area contributed by atoms with Crippen LogP contribution >= 0.6 is 0 Å². The fourth-order valence-electron chi connectivity index (χ4n) is 7.61. The molecule has 5 aliphatic rings. The summed E-state index contributed by atoms with van der Waals surface area (Å²) >= 11 is 0. The Kier molecular flexibility index (Phi) is 5.79. The summed E-state index contributed by atoms with van der Waals surface area (Å²) < 4.78 is 5.98. The fourth-order valence-corrected chi connectivity index (χ4v) is 7.61. The quantitative estimate of drug-likeness (QED) is 0.692. The van der Waals surface area contributed by atoms with Crippen molar-refractivity contribution in [1.29, 1.82) is 0 Å². The van der Waals surface area contributed by atoms with Gasteiger partial charge in [-0.2, -0.15) is 0 Å². The number of anilines is 1. The fraction of sp³-hybridized carbons (Fsp3) is 0.607. The van der Waals surface area contributed by atoms with Gasteiger partial charge in [0.2, 0.25) is 0 Å². The first-order valence-electron chi connectivity index (χ1n) is 12.9. The van der Waals surface area contributed by atoms with E-state index in [1.165, 1.54) is 44.1 Å². The van der Waals surface area contributed by atoms with Crippen LogP contribution in [0.2, 0.25) is 0 Å². The average Bonchev–Trinajstić information content (AvgIpc) is 2.83. The predicted octanol–water partition coefficient (Wildman–Crippen LogP) is 4.11. The van der Waals surface area contributed by atoms with E-state index in [0.29, 0.717) is 18.6 Å². The summed E-state index contributed by atoms with van der Waals surface area (Å²) in [7, 11) is 0. The van der Waals surface area contributed by atoms with Crippen LogP contribution in [0.15, 0.2) is 48.7 Å². The molecule has 1 aliphatic heterocycles.